The monoisotopic (exact) mass is 395 g/mol. The molecule has 4 heteroatoms. The first kappa shape index (κ1) is 18.3. The summed E-state index contributed by atoms with van der Waals surface area (Å²) in [6, 6.07) is 20.4. The molecule has 4 rings (SSSR count). The van der Waals surface area contributed by atoms with Crippen molar-refractivity contribution in [2.24, 2.45) is 5.92 Å². The van der Waals surface area contributed by atoms with Crippen molar-refractivity contribution in [1.82, 2.24) is 0 Å². The van der Waals surface area contributed by atoms with Crippen LogP contribution in [-0.4, -0.2) is 5.91 Å². The molecule has 0 spiro atoms. The van der Waals surface area contributed by atoms with E-state index < -0.39 is 0 Å². The molecule has 1 aliphatic heterocycles. The number of carbonyl (C=O) groups excluding carboxylic acids is 1. The van der Waals surface area contributed by atoms with Crippen molar-refractivity contribution < 1.29 is 4.79 Å². The van der Waals surface area contributed by atoms with Crippen LogP contribution in [0.1, 0.15) is 43.2 Å². The Morgan fingerprint density at radius 2 is 1.78 bits per heavy atom. The average Bonchev–Trinajstić information content (AvgIpc) is 3.12. The second-order valence-corrected chi connectivity index (χ2v) is 8.79. The van der Waals surface area contributed by atoms with Gasteiger partial charge in [-0.05, 0) is 35.7 Å². The molecule has 2 nitrogen and oxygen atoms in total. The fraction of sp³-hybridized carbons (Fsp3) is 0.261. The first-order chi connectivity index (χ1) is 13.1. The van der Waals surface area contributed by atoms with Crippen molar-refractivity contribution in [2.75, 3.05) is 4.90 Å². The summed E-state index contributed by atoms with van der Waals surface area (Å²) >= 11 is 7.81. The fourth-order valence-corrected chi connectivity index (χ4v) is 5.14. The SMILES string of the molecule is CCCC(C)C(=O)N1c2ccccc2-c2ccccc2C1c1ccc(Cl)s1. The summed E-state index contributed by atoms with van der Waals surface area (Å²) < 4.78 is 0.746. The molecule has 0 aliphatic carbocycles. The third kappa shape index (κ3) is 3.19. The highest BCUT2D eigenvalue weighted by Crippen LogP contribution is 2.49. The van der Waals surface area contributed by atoms with E-state index in [2.05, 4.69) is 37.3 Å². The Kier molecular flexibility index (Phi) is 5.07. The number of nitrogens with zero attached hydrogens (tertiary/aromatic N) is 1. The number of benzene rings is 2. The van der Waals surface area contributed by atoms with Gasteiger partial charge in [-0.2, -0.15) is 0 Å². The van der Waals surface area contributed by atoms with Crippen LogP contribution in [0.2, 0.25) is 4.34 Å². The predicted octanol–water partition coefficient (Wildman–Crippen LogP) is 6.94. The summed E-state index contributed by atoms with van der Waals surface area (Å²) in [7, 11) is 0. The number of carbonyl (C=O) groups is 1. The van der Waals surface area contributed by atoms with Gasteiger partial charge in [0.2, 0.25) is 5.91 Å². The summed E-state index contributed by atoms with van der Waals surface area (Å²) in [5.74, 6) is 0.152. The molecule has 0 N–H and O–H groups in total. The van der Waals surface area contributed by atoms with Crippen LogP contribution in [0, 0.1) is 5.92 Å². The fourth-order valence-electron chi connectivity index (χ4n) is 3.97. The number of halogens is 1. The zero-order valence-electron chi connectivity index (χ0n) is 15.5. The molecule has 0 saturated carbocycles. The number of hydrogen-bond donors (Lipinski definition) is 0. The smallest absolute Gasteiger partial charge is 0.230 e. The lowest BCUT2D eigenvalue weighted by molar-refractivity contribution is -0.122. The molecule has 0 saturated heterocycles. The standard InChI is InChI=1S/C23H22ClNOS/c1-3-8-15(2)23(26)25-19-12-7-6-10-17(19)16-9-4-5-11-18(16)22(25)20-13-14-21(24)27-20/h4-7,9-15,22H,3,8H2,1-2H3. The van der Waals surface area contributed by atoms with Gasteiger partial charge in [-0.25, -0.2) is 0 Å². The van der Waals surface area contributed by atoms with Crippen molar-refractivity contribution >= 4 is 34.5 Å². The maximum Gasteiger partial charge on any atom is 0.230 e. The van der Waals surface area contributed by atoms with Gasteiger partial charge in [0.15, 0.2) is 0 Å². The first-order valence-electron chi connectivity index (χ1n) is 9.38. The van der Waals surface area contributed by atoms with Crippen molar-refractivity contribution in [2.45, 2.75) is 32.7 Å². The number of anilines is 1. The molecule has 0 fully saturated rings. The Balaban J connectivity index is 1.94. The molecule has 0 radical (unpaired) electrons. The van der Waals surface area contributed by atoms with Crippen LogP contribution in [0.3, 0.4) is 0 Å². The minimum Gasteiger partial charge on any atom is -0.299 e. The van der Waals surface area contributed by atoms with Crippen LogP contribution in [0.25, 0.3) is 11.1 Å². The summed E-state index contributed by atoms with van der Waals surface area (Å²) in [5.41, 5.74) is 4.45. The molecule has 0 bridgehead atoms. The van der Waals surface area contributed by atoms with E-state index in [1.807, 2.05) is 42.2 Å². The molecule has 1 aliphatic rings. The molecule has 1 aromatic heterocycles. The quantitative estimate of drug-likeness (QED) is 0.468. The maximum atomic E-state index is 13.5. The minimum atomic E-state index is -0.139. The number of amides is 1. The van der Waals surface area contributed by atoms with E-state index in [0.717, 1.165) is 38.9 Å². The molecular weight excluding hydrogens is 374 g/mol. The third-order valence-electron chi connectivity index (χ3n) is 5.21. The van der Waals surface area contributed by atoms with Crippen molar-refractivity contribution in [3.8, 4) is 11.1 Å². The summed E-state index contributed by atoms with van der Waals surface area (Å²) in [6.45, 7) is 4.16. The highest BCUT2D eigenvalue weighted by molar-refractivity contribution is 7.16. The largest absolute Gasteiger partial charge is 0.299 e. The molecule has 2 aromatic carbocycles. The normalized spacial score (nSPS) is 16.6. The van der Waals surface area contributed by atoms with Crippen LogP contribution in [0.15, 0.2) is 60.7 Å². The highest BCUT2D eigenvalue weighted by Gasteiger charge is 2.37. The molecule has 2 unspecified atom stereocenters. The van der Waals surface area contributed by atoms with Crippen LogP contribution >= 0.6 is 22.9 Å². The lowest BCUT2D eigenvalue weighted by atomic mass is 9.86. The van der Waals surface area contributed by atoms with Crippen LogP contribution in [0.4, 0.5) is 5.69 Å². The maximum absolute atomic E-state index is 13.5. The molecule has 27 heavy (non-hydrogen) atoms. The summed E-state index contributed by atoms with van der Waals surface area (Å²) in [5, 5.41) is 0. The zero-order valence-corrected chi connectivity index (χ0v) is 17.1. The van der Waals surface area contributed by atoms with Crippen LogP contribution < -0.4 is 4.90 Å². The summed E-state index contributed by atoms with van der Waals surface area (Å²) in [4.78, 5) is 16.6. The lowest BCUT2D eigenvalue weighted by Gasteiger charge is -2.39. The van der Waals surface area contributed by atoms with E-state index in [9.17, 15) is 4.79 Å². The number of hydrogen-bond acceptors (Lipinski definition) is 2. The van der Waals surface area contributed by atoms with E-state index in [1.165, 1.54) is 5.56 Å². The highest BCUT2D eigenvalue weighted by atomic mass is 35.5. The molecule has 1 amide bonds. The second kappa shape index (κ2) is 7.49. The van der Waals surface area contributed by atoms with E-state index in [-0.39, 0.29) is 17.9 Å². The number of fused-ring (bicyclic) bond motifs is 3. The number of rotatable bonds is 4. The van der Waals surface area contributed by atoms with Gasteiger partial charge in [-0.15, -0.1) is 11.3 Å². The van der Waals surface area contributed by atoms with Gasteiger partial charge in [-0.3, -0.25) is 9.69 Å². The first-order valence-corrected chi connectivity index (χ1v) is 10.6. The Bertz CT molecular complexity index is 980. The van der Waals surface area contributed by atoms with Gasteiger partial charge in [0.1, 0.15) is 0 Å². The van der Waals surface area contributed by atoms with Gasteiger partial charge in [0.05, 0.1) is 16.1 Å². The Labute approximate surface area is 169 Å². The van der Waals surface area contributed by atoms with E-state index in [0.29, 0.717) is 0 Å². The molecule has 138 valence electrons. The van der Waals surface area contributed by atoms with E-state index >= 15 is 0 Å². The Hall–Kier alpha value is -2.10. The van der Waals surface area contributed by atoms with E-state index in [4.69, 9.17) is 11.6 Å². The van der Waals surface area contributed by atoms with Gasteiger partial charge in [-0.1, -0.05) is 74.3 Å². The summed E-state index contributed by atoms with van der Waals surface area (Å²) in [6.07, 6.45) is 1.88. The van der Waals surface area contributed by atoms with Crippen LogP contribution in [0.5, 0.6) is 0 Å². The van der Waals surface area contributed by atoms with Gasteiger partial charge in [0, 0.05) is 16.4 Å². The molecule has 3 aromatic rings. The van der Waals surface area contributed by atoms with Crippen LogP contribution in [-0.2, 0) is 4.79 Å². The zero-order chi connectivity index (χ0) is 19.0. The van der Waals surface area contributed by atoms with Gasteiger partial charge < -0.3 is 0 Å². The number of thiophene rings is 1. The molecule has 2 heterocycles. The van der Waals surface area contributed by atoms with Crippen molar-refractivity contribution in [3.05, 3.63) is 75.4 Å². The second-order valence-electron chi connectivity index (χ2n) is 7.05. The predicted molar refractivity (Wildman–Crippen MR) is 115 cm³/mol. The Morgan fingerprint density at radius 1 is 1.07 bits per heavy atom. The van der Waals surface area contributed by atoms with E-state index in [1.54, 1.807) is 11.3 Å². The van der Waals surface area contributed by atoms with Crippen molar-refractivity contribution in [1.29, 1.82) is 0 Å². The van der Waals surface area contributed by atoms with Gasteiger partial charge >= 0.3 is 0 Å². The van der Waals surface area contributed by atoms with Crippen molar-refractivity contribution in [3.63, 3.8) is 0 Å². The molecular formula is C23H22ClNOS. The number of para-hydroxylation sites is 1. The minimum absolute atomic E-state index is 0.0220. The third-order valence-corrected chi connectivity index (χ3v) is 6.50. The average molecular weight is 396 g/mol. The molecule has 2 atom stereocenters. The topological polar surface area (TPSA) is 20.3 Å². The lowest BCUT2D eigenvalue weighted by Crippen LogP contribution is -2.41. The Morgan fingerprint density at radius 3 is 2.48 bits per heavy atom. The van der Waals surface area contributed by atoms with Gasteiger partial charge in [0.25, 0.3) is 0 Å².